The summed E-state index contributed by atoms with van der Waals surface area (Å²) in [5.74, 6) is 0.693. The summed E-state index contributed by atoms with van der Waals surface area (Å²) in [6.07, 6.45) is 2.49. The highest BCUT2D eigenvalue weighted by molar-refractivity contribution is 5.62. The van der Waals surface area contributed by atoms with E-state index in [1.165, 1.54) is 36.3 Å². The van der Waals surface area contributed by atoms with Crippen LogP contribution < -0.4 is 10.2 Å². The van der Waals surface area contributed by atoms with E-state index in [9.17, 15) is 0 Å². The molecule has 0 aromatic heterocycles. The summed E-state index contributed by atoms with van der Waals surface area (Å²) in [5.41, 5.74) is 4.16. The number of fused-ring (bicyclic) bond motifs is 1. The summed E-state index contributed by atoms with van der Waals surface area (Å²) in [6.45, 7) is 6.71. The summed E-state index contributed by atoms with van der Waals surface area (Å²) in [7, 11) is 2.18. The molecule has 0 atom stereocenters. The molecule has 16 heavy (non-hydrogen) atoms. The molecule has 88 valence electrons. The molecule has 2 rings (SSSR count). The molecule has 1 aliphatic rings. The van der Waals surface area contributed by atoms with Crippen molar-refractivity contribution in [3.63, 3.8) is 0 Å². The molecule has 0 bridgehead atoms. The fraction of sp³-hybridized carbons (Fsp3) is 0.571. The minimum absolute atomic E-state index is 0.693. The third-order valence-electron chi connectivity index (χ3n) is 3.14. The maximum atomic E-state index is 3.49. The van der Waals surface area contributed by atoms with E-state index in [1.54, 1.807) is 0 Å². The van der Waals surface area contributed by atoms with Crippen LogP contribution in [0.5, 0.6) is 0 Å². The second-order valence-corrected chi connectivity index (χ2v) is 5.14. The molecule has 2 nitrogen and oxygen atoms in total. The summed E-state index contributed by atoms with van der Waals surface area (Å²) < 4.78 is 0. The maximum Gasteiger partial charge on any atom is 0.0397 e. The average molecular weight is 218 g/mol. The second-order valence-electron chi connectivity index (χ2n) is 5.14. The molecule has 2 heteroatoms. The predicted octanol–water partition coefficient (Wildman–Crippen LogP) is 3.14. The van der Waals surface area contributed by atoms with Crippen LogP contribution in [0.3, 0.4) is 0 Å². The lowest BCUT2D eigenvalue weighted by atomic mass is 10.0. The van der Waals surface area contributed by atoms with Gasteiger partial charge in [-0.2, -0.15) is 0 Å². The Bertz CT molecular complexity index is 358. The first-order valence-corrected chi connectivity index (χ1v) is 6.25. The Hall–Kier alpha value is -1.18. The Balaban J connectivity index is 2.12. The van der Waals surface area contributed by atoms with Gasteiger partial charge >= 0.3 is 0 Å². The van der Waals surface area contributed by atoms with Crippen LogP contribution in [0.1, 0.15) is 25.8 Å². The molecule has 0 saturated heterocycles. The normalized spacial score (nSPS) is 15.1. The van der Waals surface area contributed by atoms with Crippen LogP contribution in [-0.2, 0) is 6.42 Å². The number of hydrogen-bond acceptors (Lipinski definition) is 2. The predicted molar refractivity (Wildman–Crippen MR) is 71.4 cm³/mol. The zero-order chi connectivity index (χ0) is 11.5. The Morgan fingerprint density at radius 2 is 2.19 bits per heavy atom. The lowest BCUT2D eigenvalue weighted by molar-refractivity contribution is 0.688. The fourth-order valence-corrected chi connectivity index (χ4v) is 2.22. The molecule has 0 spiro atoms. The number of benzene rings is 1. The molecule has 1 aromatic rings. The van der Waals surface area contributed by atoms with Gasteiger partial charge in [-0.3, -0.25) is 0 Å². The van der Waals surface area contributed by atoms with E-state index in [1.807, 2.05) is 0 Å². The van der Waals surface area contributed by atoms with Gasteiger partial charge in [-0.15, -0.1) is 0 Å². The molecule has 1 N–H and O–H groups in total. The van der Waals surface area contributed by atoms with Crippen LogP contribution in [0, 0.1) is 5.92 Å². The maximum absolute atomic E-state index is 3.49. The van der Waals surface area contributed by atoms with Crippen molar-refractivity contribution >= 4 is 11.4 Å². The molecule has 0 saturated carbocycles. The number of aryl methyl sites for hydroxylation is 1. The lowest BCUT2D eigenvalue weighted by Crippen LogP contribution is -2.24. The first-order valence-electron chi connectivity index (χ1n) is 6.25. The van der Waals surface area contributed by atoms with Crippen molar-refractivity contribution in [1.82, 2.24) is 0 Å². The zero-order valence-corrected chi connectivity index (χ0v) is 10.6. The second kappa shape index (κ2) is 4.77. The van der Waals surface area contributed by atoms with Crippen LogP contribution in [0.25, 0.3) is 0 Å². The van der Waals surface area contributed by atoms with Crippen molar-refractivity contribution < 1.29 is 0 Å². The third-order valence-corrected chi connectivity index (χ3v) is 3.14. The van der Waals surface area contributed by atoms with Crippen molar-refractivity contribution in [3.05, 3.63) is 23.8 Å². The van der Waals surface area contributed by atoms with Gasteiger partial charge in [0.15, 0.2) is 0 Å². The lowest BCUT2D eigenvalue weighted by Gasteiger charge is -2.28. The quantitative estimate of drug-likeness (QED) is 0.838. The van der Waals surface area contributed by atoms with E-state index in [2.05, 4.69) is 49.3 Å². The van der Waals surface area contributed by atoms with E-state index in [-0.39, 0.29) is 0 Å². The van der Waals surface area contributed by atoms with Gasteiger partial charge in [-0.05, 0) is 42.5 Å². The first kappa shape index (κ1) is 11.3. The molecular formula is C14H22N2. The Kier molecular flexibility index (Phi) is 3.37. The summed E-state index contributed by atoms with van der Waals surface area (Å²) in [5, 5.41) is 3.49. The van der Waals surface area contributed by atoms with Crippen LogP contribution in [0.4, 0.5) is 11.4 Å². The highest BCUT2D eigenvalue weighted by Crippen LogP contribution is 2.28. The molecule has 1 heterocycles. The molecule has 0 radical (unpaired) electrons. The van der Waals surface area contributed by atoms with Crippen molar-refractivity contribution in [1.29, 1.82) is 0 Å². The highest BCUT2D eigenvalue weighted by Gasteiger charge is 2.13. The highest BCUT2D eigenvalue weighted by atomic mass is 15.1. The van der Waals surface area contributed by atoms with E-state index in [0.29, 0.717) is 5.92 Å². The molecule has 1 aromatic carbocycles. The molecule has 1 aliphatic heterocycles. The summed E-state index contributed by atoms with van der Waals surface area (Å²) in [6, 6.07) is 6.76. The van der Waals surface area contributed by atoms with Gasteiger partial charge in [0.05, 0.1) is 0 Å². The number of rotatable bonds is 3. The van der Waals surface area contributed by atoms with Crippen LogP contribution in [0.15, 0.2) is 18.2 Å². The number of hydrogen-bond donors (Lipinski definition) is 1. The Labute approximate surface area is 98.7 Å². The minimum Gasteiger partial charge on any atom is -0.385 e. The summed E-state index contributed by atoms with van der Waals surface area (Å²) in [4.78, 5) is 2.35. The van der Waals surface area contributed by atoms with Crippen molar-refractivity contribution in [2.24, 2.45) is 5.92 Å². The van der Waals surface area contributed by atoms with E-state index < -0.39 is 0 Å². The summed E-state index contributed by atoms with van der Waals surface area (Å²) >= 11 is 0. The van der Waals surface area contributed by atoms with Crippen LogP contribution in [0.2, 0.25) is 0 Å². The van der Waals surface area contributed by atoms with Crippen molar-refractivity contribution in [2.45, 2.75) is 26.7 Å². The smallest absolute Gasteiger partial charge is 0.0397 e. The van der Waals surface area contributed by atoms with Gasteiger partial charge in [-0.1, -0.05) is 13.8 Å². The zero-order valence-electron chi connectivity index (χ0n) is 10.6. The number of anilines is 2. The standard InChI is InChI=1S/C14H22N2/c1-11(2)10-15-13-6-7-14-12(9-13)5-4-8-16(14)3/h6-7,9,11,15H,4-5,8,10H2,1-3H3. The number of nitrogens with one attached hydrogen (secondary N) is 1. The van der Waals surface area contributed by atoms with Gasteiger partial charge in [0.2, 0.25) is 0 Å². The van der Waals surface area contributed by atoms with E-state index >= 15 is 0 Å². The molecule has 0 amide bonds. The van der Waals surface area contributed by atoms with Gasteiger partial charge in [0.25, 0.3) is 0 Å². The molecule has 0 aliphatic carbocycles. The Morgan fingerprint density at radius 1 is 1.38 bits per heavy atom. The first-order chi connectivity index (χ1) is 7.66. The Morgan fingerprint density at radius 3 is 2.94 bits per heavy atom. The molecule has 0 fully saturated rings. The topological polar surface area (TPSA) is 15.3 Å². The van der Waals surface area contributed by atoms with Crippen LogP contribution in [-0.4, -0.2) is 20.1 Å². The molecular weight excluding hydrogens is 196 g/mol. The third kappa shape index (κ3) is 2.49. The monoisotopic (exact) mass is 218 g/mol. The SMILES string of the molecule is CC(C)CNc1ccc2c(c1)CCCN2C. The van der Waals surface area contributed by atoms with Gasteiger partial charge in [0.1, 0.15) is 0 Å². The van der Waals surface area contributed by atoms with Gasteiger partial charge in [-0.25, -0.2) is 0 Å². The van der Waals surface area contributed by atoms with Gasteiger partial charge < -0.3 is 10.2 Å². The number of nitrogens with zero attached hydrogens (tertiary/aromatic N) is 1. The van der Waals surface area contributed by atoms with E-state index in [0.717, 1.165) is 6.54 Å². The van der Waals surface area contributed by atoms with E-state index in [4.69, 9.17) is 0 Å². The largest absolute Gasteiger partial charge is 0.385 e. The molecule has 0 unspecified atom stereocenters. The van der Waals surface area contributed by atoms with Crippen LogP contribution >= 0.6 is 0 Å². The van der Waals surface area contributed by atoms with Gasteiger partial charge in [0, 0.05) is 31.5 Å². The van der Waals surface area contributed by atoms with Crippen molar-refractivity contribution in [3.8, 4) is 0 Å². The average Bonchev–Trinajstić information content (AvgIpc) is 2.26. The minimum atomic E-state index is 0.693. The fourth-order valence-electron chi connectivity index (χ4n) is 2.22. The van der Waals surface area contributed by atoms with Crippen molar-refractivity contribution in [2.75, 3.05) is 30.4 Å².